The summed E-state index contributed by atoms with van der Waals surface area (Å²) >= 11 is 5.30. The molecule has 0 amide bonds. The number of hydrogen-bond acceptors (Lipinski definition) is 4. The predicted molar refractivity (Wildman–Crippen MR) is 103 cm³/mol. The molecule has 1 aromatic carbocycles. The molecule has 6 heteroatoms. The molecule has 0 unspecified atom stereocenters. The molecule has 128 valence electrons. The van der Waals surface area contributed by atoms with Crippen LogP contribution in [0.3, 0.4) is 0 Å². The van der Waals surface area contributed by atoms with Gasteiger partial charge in [-0.3, -0.25) is 4.57 Å². The van der Waals surface area contributed by atoms with Crippen LogP contribution in [0, 0.1) is 5.92 Å². The van der Waals surface area contributed by atoms with Crippen molar-refractivity contribution in [3.63, 3.8) is 0 Å². The summed E-state index contributed by atoms with van der Waals surface area (Å²) < 4.78 is 3.53. The minimum Gasteiger partial charge on any atom is -0.341 e. The van der Waals surface area contributed by atoms with Crippen molar-refractivity contribution in [3.8, 4) is 0 Å². The SMILES string of the molecule is CC1CCN(c2nnc(SCc3ccc(Br)cc3)n2C2CC2)CC1. The fraction of sp³-hybridized carbons (Fsp3) is 0.556. The van der Waals surface area contributed by atoms with Gasteiger partial charge in [0, 0.05) is 29.4 Å². The Bertz CT molecular complexity index is 688. The number of thioether (sulfide) groups is 1. The lowest BCUT2D eigenvalue weighted by molar-refractivity contribution is 0.429. The molecule has 1 aliphatic carbocycles. The van der Waals surface area contributed by atoms with Crippen LogP contribution in [-0.2, 0) is 5.75 Å². The second kappa shape index (κ2) is 7.08. The first kappa shape index (κ1) is 16.5. The van der Waals surface area contributed by atoms with Gasteiger partial charge >= 0.3 is 0 Å². The standard InChI is InChI=1S/C18H23BrN4S/c1-13-8-10-22(11-9-13)17-20-21-18(23(17)16-6-7-16)24-12-14-2-4-15(19)5-3-14/h2-5,13,16H,6-12H2,1H3. The van der Waals surface area contributed by atoms with Gasteiger partial charge in [-0.15, -0.1) is 10.2 Å². The Labute approximate surface area is 156 Å². The highest BCUT2D eigenvalue weighted by molar-refractivity contribution is 9.10. The summed E-state index contributed by atoms with van der Waals surface area (Å²) in [6, 6.07) is 9.15. The van der Waals surface area contributed by atoms with Crippen molar-refractivity contribution in [2.75, 3.05) is 18.0 Å². The van der Waals surface area contributed by atoms with Crippen molar-refractivity contribution < 1.29 is 0 Å². The molecule has 4 rings (SSSR count). The molecule has 1 aliphatic heterocycles. The third-order valence-electron chi connectivity index (χ3n) is 4.91. The van der Waals surface area contributed by atoms with E-state index >= 15 is 0 Å². The lowest BCUT2D eigenvalue weighted by atomic mass is 10.00. The molecule has 2 aliphatic rings. The fourth-order valence-electron chi connectivity index (χ4n) is 3.17. The first-order valence-corrected chi connectivity index (χ1v) is 10.6. The minimum atomic E-state index is 0.613. The van der Waals surface area contributed by atoms with E-state index < -0.39 is 0 Å². The maximum atomic E-state index is 4.56. The zero-order chi connectivity index (χ0) is 16.5. The molecule has 2 fully saturated rings. The molecule has 2 heterocycles. The highest BCUT2D eigenvalue weighted by Crippen LogP contribution is 2.41. The predicted octanol–water partition coefficient (Wildman–Crippen LogP) is 4.90. The number of nitrogens with zero attached hydrogens (tertiary/aromatic N) is 4. The first-order valence-electron chi connectivity index (χ1n) is 8.78. The van der Waals surface area contributed by atoms with Gasteiger partial charge in [-0.1, -0.05) is 46.7 Å². The molecule has 2 aromatic rings. The fourth-order valence-corrected chi connectivity index (χ4v) is 4.39. The monoisotopic (exact) mass is 406 g/mol. The number of rotatable bonds is 5. The van der Waals surface area contributed by atoms with Crippen molar-refractivity contribution in [1.82, 2.24) is 14.8 Å². The van der Waals surface area contributed by atoms with Gasteiger partial charge in [0.1, 0.15) is 0 Å². The van der Waals surface area contributed by atoms with Crippen LogP contribution in [0.1, 0.15) is 44.2 Å². The molecule has 1 saturated carbocycles. The zero-order valence-electron chi connectivity index (χ0n) is 14.0. The van der Waals surface area contributed by atoms with Crippen LogP contribution in [-0.4, -0.2) is 27.9 Å². The topological polar surface area (TPSA) is 34.0 Å². The van der Waals surface area contributed by atoms with E-state index in [-0.39, 0.29) is 0 Å². The van der Waals surface area contributed by atoms with Gasteiger partial charge in [-0.25, -0.2) is 0 Å². The summed E-state index contributed by atoms with van der Waals surface area (Å²) in [5, 5.41) is 10.2. The molecular weight excluding hydrogens is 384 g/mol. The molecular formula is C18H23BrN4S. The van der Waals surface area contributed by atoms with E-state index in [0.717, 1.165) is 40.3 Å². The van der Waals surface area contributed by atoms with Gasteiger partial charge in [-0.05, 0) is 49.3 Å². The third-order valence-corrected chi connectivity index (χ3v) is 6.45. The van der Waals surface area contributed by atoms with E-state index in [4.69, 9.17) is 0 Å². The summed E-state index contributed by atoms with van der Waals surface area (Å²) in [6.45, 7) is 4.58. The van der Waals surface area contributed by atoms with Crippen LogP contribution in [0.4, 0.5) is 5.95 Å². The smallest absolute Gasteiger partial charge is 0.228 e. The minimum absolute atomic E-state index is 0.613. The highest BCUT2D eigenvalue weighted by Gasteiger charge is 2.32. The van der Waals surface area contributed by atoms with Gasteiger partial charge < -0.3 is 4.90 Å². The first-order chi connectivity index (χ1) is 11.7. The van der Waals surface area contributed by atoms with Crippen LogP contribution in [0.25, 0.3) is 0 Å². The van der Waals surface area contributed by atoms with E-state index in [1.54, 1.807) is 0 Å². The highest BCUT2D eigenvalue weighted by atomic mass is 79.9. The quantitative estimate of drug-likeness (QED) is 0.660. The number of piperidine rings is 1. The lowest BCUT2D eigenvalue weighted by Crippen LogP contribution is -2.34. The van der Waals surface area contributed by atoms with Gasteiger partial charge in [0.25, 0.3) is 0 Å². The Balaban J connectivity index is 1.50. The van der Waals surface area contributed by atoms with E-state index in [2.05, 4.69) is 66.8 Å². The third kappa shape index (κ3) is 3.64. The second-order valence-corrected chi connectivity index (χ2v) is 8.83. The summed E-state index contributed by atoms with van der Waals surface area (Å²) in [7, 11) is 0. The average molecular weight is 407 g/mol. The van der Waals surface area contributed by atoms with Crippen molar-refractivity contribution >= 4 is 33.6 Å². The Morgan fingerprint density at radius 2 is 1.79 bits per heavy atom. The Hall–Kier alpha value is -1.01. The van der Waals surface area contributed by atoms with Gasteiger partial charge in [0.2, 0.25) is 5.95 Å². The number of hydrogen-bond donors (Lipinski definition) is 0. The summed E-state index contributed by atoms with van der Waals surface area (Å²) in [5.41, 5.74) is 1.32. The molecule has 1 saturated heterocycles. The molecule has 0 spiro atoms. The number of anilines is 1. The Morgan fingerprint density at radius 3 is 2.46 bits per heavy atom. The molecule has 0 atom stereocenters. The molecule has 0 bridgehead atoms. The number of aromatic nitrogens is 3. The maximum Gasteiger partial charge on any atom is 0.228 e. The van der Waals surface area contributed by atoms with Crippen molar-refractivity contribution in [1.29, 1.82) is 0 Å². The van der Waals surface area contributed by atoms with Gasteiger partial charge in [0.05, 0.1) is 0 Å². The molecule has 0 N–H and O–H groups in total. The van der Waals surface area contributed by atoms with E-state index in [1.807, 2.05) is 11.8 Å². The maximum absolute atomic E-state index is 4.56. The second-order valence-electron chi connectivity index (χ2n) is 6.97. The normalized spacial score (nSPS) is 19.0. The zero-order valence-corrected chi connectivity index (χ0v) is 16.4. The number of halogens is 1. The molecule has 1 aromatic heterocycles. The number of benzene rings is 1. The van der Waals surface area contributed by atoms with Crippen LogP contribution < -0.4 is 4.90 Å². The van der Waals surface area contributed by atoms with Gasteiger partial charge in [0.15, 0.2) is 5.16 Å². The van der Waals surface area contributed by atoms with Gasteiger partial charge in [-0.2, -0.15) is 0 Å². The van der Waals surface area contributed by atoms with Crippen LogP contribution in [0.15, 0.2) is 33.9 Å². The van der Waals surface area contributed by atoms with Crippen LogP contribution in [0.2, 0.25) is 0 Å². The van der Waals surface area contributed by atoms with E-state index in [0.29, 0.717) is 6.04 Å². The Kier molecular flexibility index (Phi) is 4.86. The Morgan fingerprint density at radius 1 is 1.08 bits per heavy atom. The molecule has 24 heavy (non-hydrogen) atoms. The van der Waals surface area contributed by atoms with Crippen LogP contribution in [0.5, 0.6) is 0 Å². The van der Waals surface area contributed by atoms with Crippen molar-refractivity contribution in [2.45, 2.75) is 49.6 Å². The average Bonchev–Trinajstić information content (AvgIpc) is 3.35. The summed E-state index contributed by atoms with van der Waals surface area (Å²) in [5.74, 6) is 2.88. The van der Waals surface area contributed by atoms with Crippen molar-refractivity contribution in [2.24, 2.45) is 5.92 Å². The van der Waals surface area contributed by atoms with Crippen molar-refractivity contribution in [3.05, 3.63) is 34.3 Å². The summed E-state index contributed by atoms with van der Waals surface area (Å²) in [4.78, 5) is 2.44. The van der Waals surface area contributed by atoms with E-state index in [1.165, 1.54) is 31.2 Å². The lowest BCUT2D eigenvalue weighted by Gasteiger charge is -2.31. The molecule has 4 nitrogen and oxygen atoms in total. The summed E-state index contributed by atoms with van der Waals surface area (Å²) in [6.07, 6.45) is 5.06. The molecule has 0 radical (unpaired) electrons. The largest absolute Gasteiger partial charge is 0.341 e. The van der Waals surface area contributed by atoms with Crippen LogP contribution >= 0.6 is 27.7 Å². The van der Waals surface area contributed by atoms with E-state index in [9.17, 15) is 0 Å².